The molecule has 70 valence electrons. The van der Waals surface area contributed by atoms with Crippen molar-refractivity contribution >= 4 is 6.03 Å². The first-order valence-corrected chi connectivity index (χ1v) is 4.25. The maximum atomic E-state index is 11.0. The first kappa shape index (κ1) is 8.10. The number of urea groups is 1. The minimum Gasteiger partial charge on any atom is -0.351 e. The molecule has 0 aliphatic carbocycles. The first-order valence-electron chi connectivity index (χ1n) is 4.25. The lowest BCUT2D eigenvalue weighted by Crippen LogP contribution is -2.47. The standard InChI is InChI=1S/C8H12N4O/c1-6-4-12-7(2-3-10-12)5-11(6)8(9)13/h2-3,6H,4-5H2,1H3,(H2,9,13). The second-order valence-corrected chi connectivity index (χ2v) is 3.32. The van der Waals surface area contributed by atoms with E-state index in [9.17, 15) is 4.79 Å². The van der Waals surface area contributed by atoms with E-state index < -0.39 is 0 Å². The fourth-order valence-corrected chi connectivity index (χ4v) is 1.63. The molecular formula is C8H12N4O. The summed E-state index contributed by atoms with van der Waals surface area (Å²) in [6, 6.07) is 1.67. The normalized spacial score (nSPS) is 21.3. The maximum absolute atomic E-state index is 11.0. The predicted molar refractivity (Wildman–Crippen MR) is 46.8 cm³/mol. The van der Waals surface area contributed by atoms with E-state index in [-0.39, 0.29) is 12.1 Å². The molecule has 0 spiro atoms. The Kier molecular flexibility index (Phi) is 1.72. The van der Waals surface area contributed by atoms with Gasteiger partial charge in [-0.3, -0.25) is 4.68 Å². The third kappa shape index (κ3) is 1.26. The molecule has 2 rings (SSSR count). The maximum Gasteiger partial charge on any atom is 0.315 e. The molecule has 5 heteroatoms. The van der Waals surface area contributed by atoms with Gasteiger partial charge in [0.1, 0.15) is 0 Å². The van der Waals surface area contributed by atoms with Crippen LogP contribution >= 0.6 is 0 Å². The lowest BCUT2D eigenvalue weighted by Gasteiger charge is -2.32. The van der Waals surface area contributed by atoms with Crippen molar-refractivity contribution in [1.29, 1.82) is 0 Å². The molecule has 1 aromatic rings. The Morgan fingerprint density at radius 1 is 1.77 bits per heavy atom. The van der Waals surface area contributed by atoms with Crippen molar-refractivity contribution in [2.75, 3.05) is 0 Å². The van der Waals surface area contributed by atoms with E-state index in [0.717, 1.165) is 12.2 Å². The lowest BCUT2D eigenvalue weighted by atomic mass is 10.2. The largest absolute Gasteiger partial charge is 0.351 e. The Bertz CT molecular complexity index is 333. The molecular weight excluding hydrogens is 168 g/mol. The highest BCUT2D eigenvalue weighted by Crippen LogP contribution is 2.15. The first-order chi connectivity index (χ1) is 6.18. The summed E-state index contributed by atoms with van der Waals surface area (Å²) in [5.74, 6) is 0. The van der Waals surface area contributed by atoms with Gasteiger partial charge in [0, 0.05) is 6.20 Å². The molecule has 0 saturated carbocycles. The molecule has 0 bridgehead atoms. The highest BCUT2D eigenvalue weighted by atomic mass is 16.2. The Labute approximate surface area is 76.1 Å². The van der Waals surface area contributed by atoms with Crippen LogP contribution in [-0.4, -0.2) is 26.8 Å². The van der Waals surface area contributed by atoms with E-state index in [1.54, 1.807) is 11.1 Å². The number of nitrogens with zero attached hydrogens (tertiary/aromatic N) is 3. The van der Waals surface area contributed by atoms with Crippen LogP contribution in [0.1, 0.15) is 12.6 Å². The molecule has 0 aromatic carbocycles. The summed E-state index contributed by atoms with van der Waals surface area (Å²) in [5, 5.41) is 4.14. The monoisotopic (exact) mass is 180 g/mol. The number of nitrogens with two attached hydrogens (primary N) is 1. The smallest absolute Gasteiger partial charge is 0.315 e. The van der Waals surface area contributed by atoms with E-state index in [2.05, 4.69) is 5.10 Å². The van der Waals surface area contributed by atoms with Gasteiger partial charge in [-0.05, 0) is 13.0 Å². The number of rotatable bonds is 0. The van der Waals surface area contributed by atoms with Crippen LogP contribution in [0.4, 0.5) is 4.79 Å². The summed E-state index contributed by atoms with van der Waals surface area (Å²) in [4.78, 5) is 12.7. The molecule has 1 unspecified atom stereocenters. The number of primary amides is 1. The molecule has 13 heavy (non-hydrogen) atoms. The van der Waals surface area contributed by atoms with Crippen molar-refractivity contribution in [3.63, 3.8) is 0 Å². The number of fused-ring (bicyclic) bond motifs is 1. The molecule has 0 saturated heterocycles. The molecule has 1 aliphatic heterocycles. The predicted octanol–water partition coefficient (Wildman–Crippen LogP) is 0.166. The number of carbonyl (C=O) groups is 1. The zero-order valence-electron chi connectivity index (χ0n) is 7.47. The number of hydrogen-bond acceptors (Lipinski definition) is 2. The van der Waals surface area contributed by atoms with Gasteiger partial charge in [0.25, 0.3) is 0 Å². The Morgan fingerprint density at radius 3 is 3.23 bits per heavy atom. The van der Waals surface area contributed by atoms with Crippen LogP contribution in [0.2, 0.25) is 0 Å². The van der Waals surface area contributed by atoms with Gasteiger partial charge in [-0.2, -0.15) is 5.10 Å². The summed E-state index contributed by atoms with van der Waals surface area (Å²) >= 11 is 0. The molecule has 1 aliphatic rings. The summed E-state index contributed by atoms with van der Waals surface area (Å²) in [7, 11) is 0. The van der Waals surface area contributed by atoms with Crippen LogP contribution in [-0.2, 0) is 13.1 Å². The van der Waals surface area contributed by atoms with Crippen LogP contribution in [0, 0.1) is 0 Å². The average Bonchev–Trinajstić information content (AvgIpc) is 2.48. The summed E-state index contributed by atoms with van der Waals surface area (Å²) < 4.78 is 1.91. The lowest BCUT2D eigenvalue weighted by molar-refractivity contribution is 0.158. The minimum absolute atomic E-state index is 0.130. The van der Waals surface area contributed by atoms with Crippen LogP contribution in [0.15, 0.2) is 12.3 Å². The molecule has 2 heterocycles. The van der Waals surface area contributed by atoms with Gasteiger partial charge in [-0.25, -0.2) is 4.79 Å². The van der Waals surface area contributed by atoms with Gasteiger partial charge in [-0.1, -0.05) is 0 Å². The highest BCUT2D eigenvalue weighted by Gasteiger charge is 2.25. The summed E-state index contributed by atoms with van der Waals surface area (Å²) in [6.07, 6.45) is 1.74. The van der Waals surface area contributed by atoms with Crippen molar-refractivity contribution in [3.05, 3.63) is 18.0 Å². The number of hydrogen-bond donors (Lipinski definition) is 1. The second kappa shape index (κ2) is 2.76. The van der Waals surface area contributed by atoms with Gasteiger partial charge >= 0.3 is 6.03 Å². The molecule has 1 atom stereocenters. The van der Waals surface area contributed by atoms with E-state index in [4.69, 9.17) is 5.73 Å². The topological polar surface area (TPSA) is 64.2 Å². The molecule has 2 amide bonds. The average molecular weight is 180 g/mol. The van der Waals surface area contributed by atoms with Gasteiger partial charge in [0.15, 0.2) is 0 Å². The Morgan fingerprint density at radius 2 is 2.54 bits per heavy atom. The SMILES string of the molecule is CC1Cn2nccc2CN1C(N)=O. The van der Waals surface area contributed by atoms with Crippen molar-refractivity contribution in [1.82, 2.24) is 14.7 Å². The highest BCUT2D eigenvalue weighted by molar-refractivity contribution is 5.72. The fraction of sp³-hybridized carbons (Fsp3) is 0.500. The minimum atomic E-state index is -0.361. The number of carbonyl (C=O) groups excluding carboxylic acids is 1. The van der Waals surface area contributed by atoms with Crippen molar-refractivity contribution in [2.24, 2.45) is 5.73 Å². The van der Waals surface area contributed by atoms with Crippen LogP contribution in [0.5, 0.6) is 0 Å². The molecule has 2 N–H and O–H groups in total. The van der Waals surface area contributed by atoms with Crippen LogP contribution < -0.4 is 5.73 Å². The zero-order valence-corrected chi connectivity index (χ0v) is 7.47. The second-order valence-electron chi connectivity index (χ2n) is 3.32. The third-order valence-corrected chi connectivity index (χ3v) is 2.39. The van der Waals surface area contributed by atoms with Crippen molar-refractivity contribution in [3.8, 4) is 0 Å². The molecule has 0 radical (unpaired) electrons. The Balaban J connectivity index is 2.27. The van der Waals surface area contributed by atoms with E-state index in [0.29, 0.717) is 6.54 Å². The van der Waals surface area contributed by atoms with Gasteiger partial charge < -0.3 is 10.6 Å². The van der Waals surface area contributed by atoms with E-state index >= 15 is 0 Å². The zero-order chi connectivity index (χ0) is 9.42. The quantitative estimate of drug-likeness (QED) is 0.618. The van der Waals surface area contributed by atoms with Crippen LogP contribution in [0.3, 0.4) is 0 Å². The van der Waals surface area contributed by atoms with Crippen molar-refractivity contribution in [2.45, 2.75) is 26.1 Å². The van der Waals surface area contributed by atoms with E-state index in [1.807, 2.05) is 17.7 Å². The molecule has 0 fully saturated rings. The van der Waals surface area contributed by atoms with Gasteiger partial charge in [-0.15, -0.1) is 0 Å². The molecule has 1 aromatic heterocycles. The number of aromatic nitrogens is 2. The van der Waals surface area contributed by atoms with E-state index in [1.165, 1.54) is 0 Å². The third-order valence-electron chi connectivity index (χ3n) is 2.39. The van der Waals surface area contributed by atoms with Gasteiger partial charge in [0.2, 0.25) is 0 Å². The van der Waals surface area contributed by atoms with Gasteiger partial charge in [0.05, 0.1) is 24.8 Å². The number of amides is 2. The summed E-state index contributed by atoms with van der Waals surface area (Å²) in [6.45, 7) is 3.26. The summed E-state index contributed by atoms with van der Waals surface area (Å²) in [5.41, 5.74) is 6.28. The van der Waals surface area contributed by atoms with Crippen LogP contribution in [0.25, 0.3) is 0 Å². The molecule has 5 nitrogen and oxygen atoms in total. The fourth-order valence-electron chi connectivity index (χ4n) is 1.63. The van der Waals surface area contributed by atoms with Crippen molar-refractivity contribution < 1.29 is 4.79 Å². The Hall–Kier alpha value is -1.52.